The van der Waals surface area contributed by atoms with Gasteiger partial charge in [0.2, 0.25) is 0 Å². The van der Waals surface area contributed by atoms with E-state index in [0.29, 0.717) is 36.0 Å². The van der Waals surface area contributed by atoms with Crippen LogP contribution in [0.3, 0.4) is 0 Å². The summed E-state index contributed by atoms with van der Waals surface area (Å²) in [5, 5.41) is 0. The van der Waals surface area contributed by atoms with E-state index in [0.717, 1.165) is 51.4 Å². The summed E-state index contributed by atoms with van der Waals surface area (Å²) in [5.41, 5.74) is 0.407. The second-order valence-corrected chi connectivity index (χ2v) is 9.14. The number of esters is 3. The van der Waals surface area contributed by atoms with Crippen molar-refractivity contribution >= 4 is 17.9 Å². The molecule has 8 nitrogen and oxygen atoms in total. The van der Waals surface area contributed by atoms with E-state index < -0.39 is 5.97 Å². The van der Waals surface area contributed by atoms with E-state index in [1.807, 2.05) is 0 Å². The van der Waals surface area contributed by atoms with Gasteiger partial charge in [0.15, 0.2) is 0 Å². The Morgan fingerprint density at radius 3 is 1.97 bits per heavy atom. The molecule has 1 aliphatic rings. The summed E-state index contributed by atoms with van der Waals surface area (Å²) in [6, 6.07) is 13.1. The summed E-state index contributed by atoms with van der Waals surface area (Å²) in [5.74, 6) is 0.167. The van der Waals surface area contributed by atoms with Crippen LogP contribution in [0.1, 0.15) is 61.7 Å². The van der Waals surface area contributed by atoms with Crippen LogP contribution in [0, 0.1) is 5.92 Å². The average molecular weight is 525 g/mol. The van der Waals surface area contributed by atoms with Gasteiger partial charge in [-0.15, -0.1) is 0 Å². The number of rotatable bonds is 14. The van der Waals surface area contributed by atoms with Crippen LogP contribution in [0.4, 0.5) is 0 Å². The quantitative estimate of drug-likeness (QED) is 0.135. The molecule has 8 heteroatoms. The highest BCUT2D eigenvalue weighted by Gasteiger charge is 2.28. The zero-order valence-electron chi connectivity index (χ0n) is 21.9. The van der Waals surface area contributed by atoms with Gasteiger partial charge in [-0.05, 0) is 93.5 Å². The Morgan fingerprint density at radius 2 is 1.37 bits per heavy atom. The molecular formula is C30H36O8. The molecule has 0 heterocycles. The van der Waals surface area contributed by atoms with Gasteiger partial charge in [0, 0.05) is 12.7 Å². The topological polar surface area (TPSA) is 97.4 Å². The Labute approximate surface area is 223 Å². The van der Waals surface area contributed by atoms with Crippen molar-refractivity contribution in [1.29, 1.82) is 0 Å². The second kappa shape index (κ2) is 15.6. The molecule has 1 fully saturated rings. The van der Waals surface area contributed by atoms with Crippen LogP contribution in [-0.4, -0.2) is 44.3 Å². The Balaban J connectivity index is 1.30. The van der Waals surface area contributed by atoms with Crippen LogP contribution in [0.5, 0.6) is 17.2 Å². The second-order valence-electron chi connectivity index (χ2n) is 9.14. The molecule has 0 spiro atoms. The van der Waals surface area contributed by atoms with Gasteiger partial charge >= 0.3 is 17.9 Å². The summed E-state index contributed by atoms with van der Waals surface area (Å²) < 4.78 is 27.0. The number of hydrogen-bond donors (Lipinski definition) is 0. The monoisotopic (exact) mass is 524 g/mol. The Morgan fingerprint density at radius 1 is 0.789 bits per heavy atom. The first-order chi connectivity index (χ1) is 18.5. The number of carbonyl (C=O) groups excluding carboxylic acids is 3. The fraction of sp³-hybridized carbons (Fsp3) is 0.433. The van der Waals surface area contributed by atoms with Gasteiger partial charge in [0.05, 0.1) is 31.3 Å². The minimum Gasteiger partial charge on any atom is -0.497 e. The zero-order valence-corrected chi connectivity index (χ0v) is 21.9. The molecule has 38 heavy (non-hydrogen) atoms. The van der Waals surface area contributed by atoms with Crippen LogP contribution in [0.2, 0.25) is 0 Å². The molecule has 0 unspecified atom stereocenters. The molecule has 0 aromatic heterocycles. The summed E-state index contributed by atoms with van der Waals surface area (Å²) >= 11 is 0. The Kier molecular flexibility index (Phi) is 11.8. The smallest absolute Gasteiger partial charge is 0.343 e. The fourth-order valence-electron chi connectivity index (χ4n) is 4.17. The number of carbonyl (C=O) groups is 3. The molecule has 0 atom stereocenters. The Hall–Kier alpha value is -3.65. The van der Waals surface area contributed by atoms with Crippen LogP contribution in [0.15, 0.2) is 61.2 Å². The van der Waals surface area contributed by atoms with Crippen molar-refractivity contribution in [2.75, 3.05) is 20.3 Å². The Bertz CT molecular complexity index is 1040. The lowest BCUT2D eigenvalue weighted by Crippen LogP contribution is -2.29. The van der Waals surface area contributed by atoms with Gasteiger partial charge in [-0.3, -0.25) is 4.79 Å². The van der Waals surface area contributed by atoms with E-state index in [1.54, 1.807) is 55.6 Å². The third-order valence-electron chi connectivity index (χ3n) is 6.39. The van der Waals surface area contributed by atoms with E-state index in [9.17, 15) is 14.4 Å². The highest BCUT2D eigenvalue weighted by Crippen LogP contribution is 2.28. The van der Waals surface area contributed by atoms with E-state index in [2.05, 4.69) is 6.58 Å². The number of unbranched alkanes of at least 4 members (excludes halogenated alkanes) is 3. The van der Waals surface area contributed by atoms with Crippen LogP contribution in [0.25, 0.3) is 0 Å². The molecule has 1 saturated carbocycles. The number of benzene rings is 2. The van der Waals surface area contributed by atoms with Gasteiger partial charge in [0.1, 0.15) is 17.2 Å². The first-order valence-corrected chi connectivity index (χ1v) is 13.1. The highest BCUT2D eigenvalue weighted by atomic mass is 16.5. The zero-order chi connectivity index (χ0) is 27.2. The van der Waals surface area contributed by atoms with Gasteiger partial charge in [0.25, 0.3) is 0 Å². The summed E-state index contributed by atoms with van der Waals surface area (Å²) in [4.78, 5) is 35.9. The predicted molar refractivity (Wildman–Crippen MR) is 141 cm³/mol. The minimum atomic E-state index is -0.483. The molecular weight excluding hydrogens is 488 g/mol. The molecule has 0 bridgehead atoms. The van der Waals surface area contributed by atoms with Crippen molar-refractivity contribution in [3.63, 3.8) is 0 Å². The van der Waals surface area contributed by atoms with Gasteiger partial charge in [-0.2, -0.15) is 0 Å². The fourth-order valence-corrected chi connectivity index (χ4v) is 4.17. The predicted octanol–water partition coefficient (Wildman–Crippen LogP) is 5.68. The third kappa shape index (κ3) is 9.67. The molecule has 3 rings (SSSR count). The van der Waals surface area contributed by atoms with Crippen molar-refractivity contribution in [1.82, 2.24) is 0 Å². The van der Waals surface area contributed by atoms with E-state index in [-0.39, 0.29) is 24.0 Å². The van der Waals surface area contributed by atoms with Crippen molar-refractivity contribution < 1.29 is 38.1 Å². The molecule has 0 saturated heterocycles. The lowest BCUT2D eigenvalue weighted by Gasteiger charge is -2.27. The van der Waals surface area contributed by atoms with Gasteiger partial charge < -0.3 is 23.7 Å². The highest BCUT2D eigenvalue weighted by molar-refractivity contribution is 5.91. The standard InChI is InChI=1S/C30H36O8/c1-3-28(31)36-21-7-5-4-6-20-35-25-14-10-23(11-15-25)30(33)38-27-18-16-26(17-19-27)37-29(32)22-8-12-24(34-2)13-9-22/h3,8-9,12-13,16-19,23,25H,1,4-7,10-11,14-15,20-21H2,2H3. The van der Waals surface area contributed by atoms with E-state index in [4.69, 9.17) is 23.7 Å². The first-order valence-electron chi connectivity index (χ1n) is 13.1. The maximum absolute atomic E-state index is 12.6. The molecule has 0 radical (unpaired) electrons. The van der Waals surface area contributed by atoms with Gasteiger partial charge in [-0.1, -0.05) is 13.0 Å². The number of hydrogen-bond acceptors (Lipinski definition) is 8. The molecule has 2 aromatic carbocycles. The first kappa shape index (κ1) is 28.9. The molecule has 0 N–H and O–H groups in total. The van der Waals surface area contributed by atoms with Crippen LogP contribution >= 0.6 is 0 Å². The van der Waals surface area contributed by atoms with E-state index in [1.165, 1.54) is 6.08 Å². The summed E-state index contributed by atoms with van der Waals surface area (Å²) in [6.45, 7) is 4.49. The molecule has 1 aliphatic carbocycles. The molecule has 0 amide bonds. The third-order valence-corrected chi connectivity index (χ3v) is 6.39. The van der Waals surface area contributed by atoms with Crippen molar-refractivity contribution in [3.05, 3.63) is 66.7 Å². The molecule has 204 valence electrons. The van der Waals surface area contributed by atoms with Crippen molar-refractivity contribution in [3.8, 4) is 17.2 Å². The maximum Gasteiger partial charge on any atom is 0.343 e. The minimum absolute atomic E-state index is 0.152. The van der Waals surface area contributed by atoms with Gasteiger partial charge in [-0.25, -0.2) is 9.59 Å². The number of ether oxygens (including phenoxy) is 5. The molecule has 0 aliphatic heterocycles. The van der Waals surface area contributed by atoms with E-state index >= 15 is 0 Å². The number of methoxy groups -OCH3 is 1. The maximum atomic E-state index is 12.6. The van der Waals surface area contributed by atoms with Crippen LogP contribution in [-0.2, 0) is 19.1 Å². The largest absolute Gasteiger partial charge is 0.497 e. The average Bonchev–Trinajstić information content (AvgIpc) is 2.95. The molecule has 2 aromatic rings. The van der Waals surface area contributed by atoms with Crippen molar-refractivity contribution in [2.24, 2.45) is 5.92 Å². The lowest BCUT2D eigenvalue weighted by molar-refractivity contribution is -0.141. The summed E-state index contributed by atoms with van der Waals surface area (Å²) in [6.07, 6.45) is 8.28. The van der Waals surface area contributed by atoms with Crippen molar-refractivity contribution in [2.45, 2.75) is 57.5 Å². The van der Waals surface area contributed by atoms with Crippen LogP contribution < -0.4 is 14.2 Å². The summed E-state index contributed by atoms with van der Waals surface area (Å²) in [7, 11) is 1.56. The normalized spacial score (nSPS) is 16.8. The SMILES string of the molecule is C=CC(=O)OCCCCCCOC1CCC(C(=O)Oc2ccc(OC(=O)c3ccc(OC)cc3)cc2)CC1. The lowest BCUT2D eigenvalue weighted by atomic mass is 9.87.